The molecule has 0 aromatic carbocycles. The van der Waals surface area contributed by atoms with Crippen molar-refractivity contribution < 1.29 is 4.74 Å². The first kappa shape index (κ1) is 12.3. The molecule has 94 valence electrons. The molecule has 0 aliphatic heterocycles. The maximum atomic E-state index is 5.82. The number of rotatable bonds is 8. The SMILES string of the molecule is COCC(C)(CN)NCC(C1CC1)C1CC1. The van der Waals surface area contributed by atoms with Crippen LogP contribution in [-0.2, 0) is 4.74 Å². The Balaban J connectivity index is 1.78. The zero-order valence-electron chi connectivity index (χ0n) is 10.7. The van der Waals surface area contributed by atoms with Crippen molar-refractivity contribution in [3.8, 4) is 0 Å². The normalized spacial score (nSPS) is 24.8. The topological polar surface area (TPSA) is 47.3 Å². The Labute approximate surface area is 99.1 Å². The summed E-state index contributed by atoms with van der Waals surface area (Å²) in [6.45, 7) is 4.63. The van der Waals surface area contributed by atoms with Gasteiger partial charge in [0.1, 0.15) is 0 Å². The smallest absolute Gasteiger partial charge is 0.0654 e. The summed E-state index contributed by atoms with van der Waals surface area (Å²) in [5.41, 5.74) is 5.78. The monoisotopic (exact) mass is 226 g/mol. The van der Waals surface area contributed by atoms with Gasteiger partial charge in [0.2, 0.25) is 0 Å². The lowest BCUT2D eigenvalue weighted by atomic mass is 9.95. The van der Waals surface area contributed by atoms with E-state index in [2.05, 4.69) is 12.2 Å². The zero-order chi connectivity index (χ0) is 11.6. The van der Waals surface area contributed by atoms with Gasteiger partial charge in [-0.15, -0.1) is 0 Å². The minimum absolute atomic E-state index is 0.0449. The van der Waals surface area contributed by atoms with Crippen LogP contribution < -0.4 is 11.1 Å². The lowest BCUT2D eigenvalue weighted by Crippen LogP contribution is -2.53. The van der Waals surface area contributed by atoms with Crippen LogP contribution in [-0.4, -0.2) is 32.3 Å². The summed E-state index contributed by atoms with van der Waals surface area (Å²) in [6, 6.07) is 0. The second-order valence-corrected chi connectivity index (χ2v) is 5.92. The van der Waals surface area contributed by atoms with Crippen molar-refractivity contribution >= 4 is 0 Å². The first-order valence-electron chi connectivity index (χ1n) is 6.62. The van der Waals surface area contributed by atoms with Crippen molar-refractivity contribution in [1.29, 1.82) is 0 Å². The number of nitrogens with two attached hydrogens (primary N) is 1. The van der Waals surface area contributed by atoms with Crippen molar-refractivity contribution in [3.05, 3.63) is 0 Å². The van der Waals surface area contributed by atoms with Crippen LogP contribution in [0.15, 0.2) is 0 Å². The molecule has 0 heterocycles. The highest BCUT2D eigenvalue weighted by Gasteiger charge is 2.41. The molecular formula is C13H26N2O. The van der Waals surface area contributed by atoms with E-state index in [1.54, 1.807) is 7.11 Å². The Morgan fingerprint density at radius 1 is 1.31 bits per heavy atom. The lowest BCUT2D eigenvalue weighted by Gasteiger charge is -2.31. The van der Waals surface area contributed by atoms with E-state index in [0.717, 1.165) is 24.3 Å². The average molecular weight is 226 g/mol. The standard InChI is InChI=1S/C13H26N2O/c1-13(8-14,9-16-2)15-7-12(10-3-4-10)11-5-6-11/h10-12,15H,3-9,14H2,1-2H3. The largest absolute Gasteiger partial charge is 0.383 e. The third-order valence-corrected chi connectivity index (χ3v) is 4.13. The van der Waals surface area contributed by atoms with Gasteiger partial charge in [-0.2, -0.15) is 0 Å². The van der Waals surface area contributed by atoms with Gasteiger partial charge in [-0.05, 0) is 56.9 Å². The molecule has 1 unspecified atom stereocenters. The van der Waals surface area contributed by atoms with Crippen molar-refractivity contribution in [2.75, 3.05) is 26.8 Å². The molecule has 0 radical (unpaired) electrons. The van der Waals surface area contributed by atoms with Gasteiger partial charge in [0.25, 0.3) is 0 Å². The minimum Gasteiger partial charge on any atom is -0.383 e. The number of ether oxygens (including phenoxy) is 1. The molecule has 3 N–H and O–H groups in total. The molecule has 0 amide bonds. The van der Waals surface area contributed by atoms with Crippen molar-refractivity contribution in [3.63, 3.8) is 0 Å². The highest BCUT2D eigenvalue weighted by molar-refractivity contribution is 4.94. The maximum absolute atomic E-state index is 5.82. The van der Waals surface area contributed by atoms with Gasteiger partial charge >= 0.3 is 0 Å². The fourth-order valence-electron chi connectivity index (χ4n) is 2.63. The number of hydrogen-bond acceptors (Lipinski definition) is 3. The lowest BCUT2D eigenvalue weighted by molar-refractivity contribution is 0.117. The molecule has 1 atom stereocenters. The molecule has 2 fully saturated rings. The third kappa shape index (κ3) is 3.19. The molecule has 0 bridgehead atoms. The van der Waals surface area contributed by atoms with Gasteiger partial charge < -0.3 is 15.8 Å². The molecule has 2 rings (SSSR count). The summed E-state index contributed by atoms with van der Waals surface area (Å²) in [5.74, 6) is 2.91. The van der Waals surface area contributed by atoms with Crippen LogP contribution in [0.3, 0.4) is 0 Å². The van der Waals surface area contributed by atoms with Crippen LogP contribution in [0.2, 0.25) is 0 Å². The van der Waals surface area contributed by atoms with E-state index < -0.39 is 0 Å². The molecule has 2 aliphatic carbocycles. The summed E-state index contributed by atoms with van der Waals surface area (Å²) >= 11 is 0. The quantitative estimate of drug-likeness (QED) is 0.657. The van der Waals surface area contributed by atoms with Crippen LogP contribution in [0.1, 0.15) is 32.6 Å². The molecule has 3 nitrogen and oxygen atoms in total. The first-order chi connectivity index (χ1) is 7.68. The highest BCUT2D eigenvalue weighted by Crippen LogP contribution is 2.48. The van der Waals surface area contributed by atoms with Gasteiger partial charge in [0.05, 0.1) is 12.1 Å². The third-order valence-electron chi connectivity index (χ3n) is 4.13. The van der Waals surface area contributed by atoms with Crippen LogP contribution in [0.25, 0.3) is 0 Å². The van der Waals surface area contributed by atoms with E-state index in [4.69, 9.17) is 10.5 Å². The minimum atomic E-state index is -0.0449. The van der Waals surface area contributed by atoms with Crippen molar-refractivity contribution in [1.82, 2.24) is 5.32 Å². The van der Waals surface area contributed by atoms with Gasteiger partial charge in [-0.1, -0.05) is 0 Å². The molecule has 2 aliphatic rings. The summed E-state index contributed by atoms with van der Waals surface area (Å²) in [4.78, 5) is 0. The second-order valence-electron chi connectivity index (χ2n) is 5.92. The van der Waals surface area contributed by atoms with Gasteiger partial charge in [-0.3, -0.25) is 0 Å². The Hall–Kier alpha value is -0.120. The summed E-state index contributed by atoms with van der Waals surface area (Å²) in [5, 5.41) is 3.64. The fourth-order valence-corrected chi connectivity index (χ4v) is 2.63. The Morgan fingerprint density at radius 2 is 1.88 bits per heavy atom. The molecule has 0 aromatic rings. The van der Waals surface area contributed by atoms with Crippen LogP contribution in [0, 0.1) is 17.8 Å². The molecule has 0 spiro atoms. The van der Waals surface area contributed by atoms with E-state index in [-0.39, 0.29) is 5.54 Å². The Kier molecular flexibility index (Phi) is 3.88. The average Bonchev–Trinajstić information content (AvgIpc) is 3.12. The van der Waals surface area contributed by atoms with E-state index in [1.807, 2.05) is 0 Å². The zero-order valence-corrected chi connectivity index (χ0v) is 10.7. The Morgan fingerprint density at radius 3 is 2.25 bits per heavy atom. The highest BCUT2D eigenvalue weighted by atomic mass is 16.5. The van der Waals surface area contributed by atoms with Gasteiger partial charge in [0.15, 0.2) is 0 Å². The van der Waals surface area contributed by atoms with Gasteiger partial charge in [-0.25, -0.2) is 0 Å². The molecule has 0 saturated heterocycles. The van der Waals surface area contributed by atoms with Gasteiger partial charge in [0, 0.05) is 13.7 Å². The van der Waals surface area contributed by atoms with Crippen molar-refractivity contribution in [2.45, 2.75) is 38.1 Å². The fraction of sp³-hybridized carbons (Fsp3) is 1.00. The summed E-state index contributed by atoms with van der Waals surface area (Å²) < 4.78 is 5.24. The second kappa shape index (κ2) is 5.03. The number of methoxy groups -OCH3 is 1. The summed E-state index contributed by atoms with van der Waals surface area (Å²) in [6.07, 6.45) is 5.80. The predicted octanol–water partition coefficient (Wildman–Crippen LogP) is 1.38. The van der Waals surface area contributed by atoms with E-state index in [1.165, 1.54) is 25.7 Å². The Bertz CT molecular complexity index is 214. The van der Waals surface area contributed by atoms with Crippen LogP contribution in [0.5, 0.6) is 0 Å². The number of hydrogen-bond donors (Lipinski definition) is 2. The van der Waals surface area contributed by atoms with Crippen LogP contribution >= 0.6 is 0 Å². The molecule has 3 heteroatoms. The van der Waals surface area contributed by atoms with E-state index in [9.17, 15) is 0 Å². The number of nitrogens with one attached hydrogen (secondary N) is 1. The maximum Gasteiger partial charge on any atom is 0.0654 e. The van der Waals surface area contributed by atoms with Crippen molar-refractivity contribution in [2.24, 2.45) is 23.5 Å². The molecular weight excluding hydrogens is 200 g/mol. The van der Waals surface area contributed by atoms with Crippen LogP contribution in [0.4, 0.5) is 0 Å². The molecule has 0 aromatic heterocycles. The summed E-state index contributed by atoms with van der Waals surface area (Å²) in [7, 11) is 1.74. The molecule has 2 saturated carbocycles. The van der Waals surface area contributed by atoms with E-state index >= 15 is 0 Å². The van der Waals surface area contributed by atoms with E-state index in [0.29, 0.717) is 13.2 Å². The molecule has 16 heavy (non-hydrogen) atoms. The predicted molar refractivity (Wildman–Crippen MR) is 66.3 cm³/mol. The first-order valence-corrected chi connectivity index (χ1v) is 6.62.